The largest absolute Gasteiger partial charge is 0.507 e. The molecule has 4 nitrogen and oxygen atoms in total. The number of benzene rings is 1. The monoisotopic (exact) mass is 327 g/mol. The lowest BCUT2D eigenvalue weighted by Crippen LogP contribution is -2.12. The van der Waals surface area contributed by atoms with E-state index in [1.807, 2.05) is 17.5 Å². The van der Waals surface area contributed by atoms with Crippen molar-refractivity contribution in [2.45, 2.75) is 6.04 Å². The number of thiophene rings is 1. The van der Waals surface area contributed by atoms with Crippen LogP contribution in [-0.4, -0.2) is 16.2 Å². The van der Waals surface area contributed by atoms with Crippen molar-refractivity contribution in [3.8, 4) is 5.75 Å². The van der Waals surface area contributed by atoms with E-state index in [0.29, 0.717) is 10.0 Å². The molecule has 0 aliphatic carbocycles. The fourth-order valence-electron chi connectivity index (χ4n) is 1.64. The zero-order chi connectivity index (χ0) is 13.3. The molecule has 0 saturated carbocycles. The summed E-state index contributed by atoms with van der Waals surface area (Å²) in [5, 5.41) is 20.9. The average Bonchev–Trinajstić information content (AvgIpc) is 2.84. The first-order chi connectivity index (χ1) is 8.50. The van der Waals surface area contributed by atoms with E-state index in [4.69, 9.17) is 10.8 Å². The maximum Gasteiger partial charge on any atom is 0.339 e. The molecule has 4 N–H and O–H groups in total. The van der Waals surface area contributed by atoms with Crippen molar-refractivity contribution in [2.24, 2.45) is 5.73 Å². The van der Waals surface area contributed by atoms with Gasteiger partial charge in [-0.1, -0.05) is 22.0 Å². The number of carbonyl (C=O) groups is 1. The van der Waals surface area contributed by atoms with E-state index < -0.39 is 12.0 Å². The second-order valence-corrected chi connectivity index (χ2v) is 5.58. The fourth-order valence-corrected chi connectivity index (χ4v) is 2.86. The first-order valence-corrected chi connectivity index (χ1v) is 6.72. The van der Waals surface area contributed by atoms with E-state index in [9.17, 15) is 9.90 Å². The number of rotatable bonds is 3. The molecule has 0 unspecified atom stereocenters. The van der Waals surface area contributed by atoms with Gasteiger partial charge in [-0.25, -0.2) is 4.79 Å². The Balaban J connectivity index is 2.54. The maximum absolute atomic E-state index is 11.0. The second-order valence-electron chi connectivity index (χ2n) is 3.69. The summed E-state index contributed by atoms with van der Waals surface area (Å²) >= 11 is 4.68. The Bertz CT molecular complexity index is 583. The summed E-state index contributed by atoms with van der Waals surface area (Å²) in [5.41, 5.74) is 6.27. The van der Waals surface area contributed by atoms with Gasteiger partial charge in [-0.3, -0.25) is 0 Å². The van der Waals surface area contributed by atoms with Gasteiger partial charge in [-0.05, 0) is 23.6 Å². The van der Waals surface area contributed by atoms with Crippen LogP contribution in [0.4, 0.5) is 0 Å². The smallest absolute Gasteiger partial charge is 0.339 e. The van der Waals surface area contributed by atoms with Crippen LogP contribution in [0.1, 0.15) is 26.8 Å². The fraction of sp³-hybridized carbons (Fsp3) is 0.0833. The first-order valence-electron chi connectivity index (χ1n) is 5.05. The predicted molar refractivity (Wildman–Crippen MR) is 73.1 cm³/mol. The predicted octanol–water partition coefficient (Wildman–Crippen LogP) is 2.96. The summed E-state index contributed by atoms with van der Waals surface area (Å²) in [6.07, 6.45) is 0. The van der Waals surface area contributed by atoms with Crippen LogP contribution in [0.3, 0.4) is 0 Å². The molecule has 1 aromatic heterocycles. The highest BCUT2D eigenvalue weighted by atomic mass is 79.9. The van der Waals surface area contributed by atoms with Crippen molar-refractivity contribution in [1.29, 1.82) is 0 Å². The topological polar surface area (TPSA) is 83.6 Å². The molecule has 0 amide bonds. The van der Waals surface area contributed by atoms with Crippen molar-refractivity contribution in [3.63, 3.8) is 0 Å². The molecule has 18 heavy (non-hydrogen) atoms. The maximum atomic E-state index is 11.0. The highest BCUT2D eigenvalue weighted by molar-refractivity contribution is 9.10. The number of aromatic hydroxyl groups is 1. The van der Waals surface area contributed by atoms with Crippen molar-refractivity contribution in [1.82, 2.24) is 0 Å². The molecule has 0 aliphatic rings. The summed E-state index contributed by atoms with van der Waals surface area (Å²) < 4.78 is 0.569. The number of phenols is 1. The zero-order valence-electron chi connectivity index (χ0n) is 9.13. The van der Waals surface area contributed by atoms with Crippen LogP contribution in [0, 0.1) is 0 Å². The normalized spacial score (nSPS) is 12.3. The number of aromatic carboxylic acids is 1. The third-order valence-electron chi connectivity index (χ3n) is 2.52. The molecule has 0 bridgehead atoms. The van der Waals surface area contributed by atoms with Gasteiger partial charge in [0.2, 0.25) is 0 Å². The van der Waals surface area contributed by atoms with Gasteiger partial charge in [-0.15, -0.1) is 11.3 Å². The van der Waals surface area contributed by atoms with Crippen molar-refractivity contribution >= 4 is 33.2 Å². The molecule has 2 rings (SSSR count). The minimum absolute atomic E-state index is 0.161. The highest BCUT2D eigenvalue weighted by Gasteiger charge is 2.20. The lowest BCUT2D eigenvalue weighted by atomic mass is 10.0. The van der Waals surface area contributed by atoms with E-state index in [1.54, 1.807) is 6.07 Å². The van der Waals surface area contributed by atoms with Gasteiger partial charge in [0.05, 0.1) is 6.04 Å². The molecule has 0 aliphatic heterocycles. The van der Waals surface area contributed by atoms with Crippen LogP contribution in [-0.2, 0) is 0 Å². The van der Waals surface area contributed by atoms with Gasteiger partial charge in [-0.2, -0.15) is 0 Å². The van der Waals surface area contributed by atoms with Crippen LogP contribution >= 0.6 is 27.3 Å². The Labute approximate surface area is 116 Å². The Hall–Kier alpha value is -1.37. The molecule has 94 valence electrons. The highest BCUT2D eigenvalue weighted by Crippen LogP contribution is 2.35. The molecule has 0 spiro atoms. The van der Waals surface area contributed by atoms with Crippen LogP contribution in [0.15, 0.2) is 34.1 Å². The number of carboxylic acid groups (broad SMARTS) is 1. The van der Waals surface area contributed by atoms with Crippen molar-refractivity contribution < 1.29 is 15.0 Å². The molecule has 1 heterocycles. The van der Waals surface area contributed by atoms with Crippen LogP contribution < -0.4 is 5.73 Å². The number of nitrogens with two attached hydrogens (primary N) is 1. The number of hydrogen-bond donors (Lipinski definition) is 3. The van der Waals surface area contributed by atoms with Crippen LogP contribution in [0.2, 0.25) is 0 Å². The van der Waals surface area contributed by atoms with Gasteiger partial charge in [0.25, 0.3) is 0 Å². The molecule has 1 atom stereocenters. The van der Waals surface area contributed by atoms with Gasteiger partial charge < -0.3 is 15.9 Å². The Kier molecular flexibility index (Phi) is 3.70. The zero-order valence-corrected chi connectivity index (χ0v) is 11.5. The molecule has 0 radical (unpaired) electrons. The summed E-state index contributed by atoms with van der Waals surface area (Å²) in [5.74, 6) is -1.47. The minimum Gasteiger partial charge on any atom is -0.507 e. The molecule has 0 fully saturated rings. The van der Waals surface area contributed by atoms with Gasteiger partial charge >= 0.3 is 5.97 Å². The summed E-state index contributed by atoms with van der Waals surface area (Å²) in [4.78, 5) is 11.9. The van der Waals surface area contributed by atoms with E-state index in [-0.39, 0.29) is 11.3 Å². The van der Waals surface area contributed by atoms with Crippen LogP contribution in [0.25, 0.3) is 0 Å². The van der Waals surface area contributed by atoms with Gasteiger partial charge in [0.15, 0.2) is 0 Å². The first kappa shape index (κ1) is 13.1. The Morgan fingerprint density at radius 2 is 2.17 bits per heavy atom. The molecule has 0 saturated heterocycles. The Morgan fingerprint density at radius 1 is 1.44 bits per heavy atom. The number of halogens is 1. The van der Waals surface area contributed by atoms with E-state index >= 15 is 0 Å². The summed E-state index contributed by atoms with van der Waals surface area (Å²) in [6, 6.07) is 6.14. The molecule has 2 aromatic rings. The third-order valence-corrected chi connectivity index (χ3v) is 3.93. The summed E-state index contributed by atoms with van der Waals surface area (Å²) in [6.45, 7) is 0. The van der Waals surface area contributed by atoms with Crippen molar-refractivity contribution in [2.75, 3.05) is 0 Å². The molecular formula is C12H10BrNO3S. The Morgan fingerprint density at radius 3 is 2.72 bits per heavy atom. The van der Waals surface area contributed by atoms with E-state index in [1.165, 1.54) is 17.4 Å². The van der Waals surface area contributed by atoms with Crippen LogP contribution in [0.5, 0.6) is 5.75 Å². The average molecular weight is 328 g/mol. The molecule has 6 heteroatoms. The van der Waals surface area contributed by atoms with Gasteiger partial charge in [0.1, 0.15) is 11.3 Å². The third kappa shape index (κ3) is 2.40. The van der Waals surface area contributed by atoms with Gasteiger partial charge in [0, 0.05) is 14.9 Å². The number of hydrogen-bond acceptors (Lipinski definition) is 4. The summed E-state index contributed by atoms with van der Waals surface area (Å²) in [7, 11) is 0. The quantitative estimate of drug-likeness (QED) is 0.809. The standard InChI is InChI=1S/C12H10BrNO3S/c13-6-4-7(10(14)9-2-1-3-18-9)11(15)8(5-6)12(16)17/h1-5,10,15H,14H2,(H,16,17)/t10-/m0/s1. The molecule has 1 aromatic carbocycles. The van der Waals surface area contributed by atoms with Crippen molar-refractivity contribution in [3.05, 3.63) is 50.1 Å². The SMILES string of the molecule is N[C@H](c1cccs1)c1cc(Br)cc(C(=O)O)c1O. The van der Waals surface area contributed by atoms with E-state index in [2.05, 4.69) is 15.9 Å². The minimum atomic E-state index is -1.19. The number of carboxylic acids is 1. The van der Waals surface area contributed by atoms with E-state index in [0.717, 1.165) is 4.88 Å². The second kappa shape index (κ2) is 5.09. The lowest BCUT2D eigenvalue weighted by molar-refractivity contribution is 0.0693. The lowest BCUT2D eigenvalue weighted by Gasteiger charge is -2.14. The molecular weight excluding hydrogens is 318 g/mol.